The Bertz CT molecular complexity index is 363. The summed E-state index contributed by atoms with van der Waals surface area (Å²) in [5, 5.41) is 3.07. The van der Waals surface area contributed by atoms with Crippen molar-refractivity contribution in [3.63, 3.8) is 0 Å². The fourth-order valence-electron chi connectivity index (χ4n) is 3.57. The average Bonchev–Trinajstić information content (AvgIpc) is 2.77. The lowest BCUT2D eigenvalue weighted by Gasteiger charge is -2.17. The van der Waals surface area contributed by atoms with Crippen LogP contribution in [0.4, 0.5) is 0 Å². The first-order valence-electron chi connectivity index (χ1n) is 12.7. The second-order valence-corrected chi connectivity index (χ2v) is 9.41. The third-order valence-electron chi connectivity index (χ3n) is 5.52. The number of hydrogen-bond donors (Lipinski definition) is 2. The summed E-state index contributed by atoms with van der Waals surface area (Å²) >= 11 is 0. The van der Waals surface area contributed by atoms with Crippen LogP contribution < -0.4 is 5.32 Å². The van der Waals surface area contributed by atoms with E-state index in [0.29, 0.717) is 13.1 Å². The number of ether oxygens (including phenoxy) is 1. The molecule has 0 radical (unpaired) electrons. The molecule has 0 fully saturated rings. The first-order chi connectivity index (χ1) is 15.2. The Labute approximate surface area is 193 Å². The fraction of sp³-hybridized carbons (Fsp3) is 0.958. The highest BCUT2D eigenvalue weighted by molar-refractivity contribution is 7.40. The molecule has 0 spiro atoms. The van der Waals surface area contributed by atoms with Gasteiger partial charge in [0.25, 0.3) is 6.47 Å². The fourth-order valence-corrected chi connectivity index (χ4v) is 4.22. The number of carbonyl (C=O) groups is 1. The van der Waals surface area contributed by atoms with E-state index in [2.05, 4.69) is 12.2 Å². The van der Waals surface area contributed by atoms with Crippen molar-refractivity contribution >= 4 is 15.1 Å². The van der Waals surface area contributed by atoms with E-state index in [1.54, 1.807) is 0 Å². The summed E-state index contributed by atoms with van der Waals surface area (Å²) in [6, 6.07) is 0. The molecule has 0 saturated carbocycles. The van der Waals surface area contributed by atoms with Crippen molar-refractivity contribution in [1.82, 2.24) is 5.32 Å². The van der Waals surface area contributed by atoms with Crippen molar-refractivity contribution in [3.8, 4) is 0 Å². The SMILES string of the molecule is CCCCCCCCCCCCCCCCC(COP(O)OCCCCNC)OC=O. The Kier molecular flexibility index (Phi) is 25.8. The molecule has 0 aromatic rings. The molecule has 0 aliphatic rings. The first-order valence-corrected chi connectivity index (χ1v) is 13.9. The summed E-state index contributed by atoms with van der Waals surface area (Å²) in [6.45, 7) is 4.33. The third-order valence-corrected chi connectivity index (χ3v) is 6.29. The maximum atomic E-state index is 10.7. The van der Waals surface area contributed by atoms with Gasteiger partial charge in [-0.3, -0.25) is 4.79 Å². The molecule has 0 amide bonds. The normalized spacial score (nSPS) is 13.3. The van der Waals surface area contributed by atoms with Crippen LogP contribution in [0.1, 0.15) is 116 Å². The maximum Gasteiger partial charge on any atom is 0.329 e. The quantitative estimate of drug-likeness (QED) is 0.0849. The number of carbonyl (C=O) groups excluding carboxylic acids is 1. The monoisotopic (exact) mass is 463 g/mol. The highest BCUT2D eigenvalue weighted by Crippen LogP contribution is 2.33. The van der Waals surface area contributed by atoms with Gasteiger partial charge >= 0.3 is 8.60 Å². The van der Waals surface area contributed by atoms with E-state index in [9.17, 15) is 9.69 Å². The lowest BCUT2D eigenvalue weighted by atomic mass is 10.0. The molecule has 0 bridgehead atoms. The van der Waals surface area contributed by atoms with Crippen molar-refractivity contribution in [2.24, 2.45) is 0 Å². The lowest BCUT2D eigenvalue weighted by Crippen LogP contribution is -2.18. The van der Waals surface area contributed by atoms with Gasteiger partial charge < -0.3 is 24.0 Å². The lowest BCUT2D eigenvalue weighted by molar-refractivity contribution is -0.135. The first kappa shape index (κ1) is 30.7. The third kappa shape index (κ3) is 24.2. The van der Waals surface area contributed by atoms with Crippen molar-refractivity contribution in [2.75, 3.05) is 26.8 Å². The molecule has 0 heterocycles. The van der Waals surface area contributed by atoms with Gasteiger partial charge in [-0.05, 0) is 39.3 Å². The van der Waals surface area contributed by atoms with Gasteiger partial charge in [-0.15, -0.1) is 0 Å². The summed E-state index contributed by atoms with van der Waals surface area (Å²) in [5.41, 5.74) is 0. The molecular weight excluding hydrogens is 413 g/mol. The van der Waals surface area contributed by atoms with Crippen LogP contribution in [0.5, 0.6) is 0 Å². The Hall–Kier alpha value is -0.260. The molecule has 0 aromatic carbocycles. The van der Waals surface area contributed by atoms with Crippen LogP contribution in [-0.4, -0.2) is 44.3 Å². The Morgan fingerprint density at radius 2 is 1.35 bits per heavy atom. The maximum absolute atomic E-state index is 10.7. The van der Waals surface area contributed by atoms with Crippen LogP contribution in [0.15, 0.2) is 0 Å². The summed E-state index contributed by atoms with van der Waals surface area (Å²) in [4.78, 5) is 20.5. The van der Waals surface area contributed by atoms with E-state index in [1.165, 1.54) is 77.0 Å². The Morgan fingerprint density at radius 1 is 0.806 bits per heavy atom. The molecule has 2 unspecified atom stereocenters. The zero-order valence-electron chi connectivity index (χ0n) is 20.3. The smallest absolute Gasteiger partial charge is 0.329 e. The van der Waals surface area contributed by atoms with Gasteiger partial charge in [-0.2, -0.15) is 0 Å². The molecule has 0 rings (SSSR count). The van der Waals surface area contributed by atoms with Gasteiger partial charge in [0.2, 0.25) is 0 Å². The standard InChI is InChI=1S/C24H50NO5P/c1-3-4-5-6-7-8-9-10-11-12-13-14-15-16-19-24(28-23-26)22-30-31(27)29-21-18-17-20-25-2/h23-25,27H,3-22H2,1-2H3. The molecule has 6 nitrogen and oxygen atoms in total. The van der Waals surface area contributed by atoms with Gasteiger partial charge in [0.05, 0.1) is 13.2 Å². The van der Waals surface area contributed by atoms with Crippen LogP contribution >= 0.6 is 8.60 Å². The summed E-state index contributed by atoms with van der Waals surface area (Å²) < 4.78 is 15.7. The van der Waals surface area contributed by atoms with Crippen LogP contribution in [0.3, 0.4) is 0 Å². The minimum Gasteiger partial charge on any atom is -0.462 e. The van der Waals surface area contributed by atoms with Gasteiger partial charge in [-0.1, -0.05) is 90.4 Å². The molecule has 0 aliphatic heterocycles. The summed E-state index contributed by atoms with van der Waals surface area (Å²) in [5.74, 6) is 0. The molecule has 186 valence electrons. The molecule has 2 N–H and O–H groups in total. The van der Waals surface area contributed by atoms with Gasteiger partial charge in [0, 0.05) is 0 Å². The van der Waals surface area contributed by atoms with Crippen LogP contribution in [0, 0.1) is 0 Å². The van der Waals surface area contributed by atoms with E-state index in [1.807, 2.05) is 7.05 Å². The van der Waals surface area contributed by atoms with Gasteiger partial charge in [0.1, 0.15) is 6.10 Å². The van der Waals surface area contributed by atoms with E-state index in [4.69, 9.17) is 13.8 Å². The second kappa shape index (κ2) is 26.0. The van der Waals surface area contributed by atoms with Crippen LogP contribution in [-0.2, 0) is 18.6 Å². The highest BCUT2D eigenvalue weighted by Gasteiger charge is 2.14. The van der Waals surface area contributed by atoms with Gasteiger partial charge in [0.15, 0.2) is 0 Å². The van der Waals surface area contributed by atoms with E-state index in [0.717, 1.165) is 38.6 Å². The predicted octanol–water partition coefficient (Wildman–Crippen LogP) is 6.65. The summed E-state index contributed by atoms with van der Waals surface area (Å²) in [6.07, 6.45) is 20.8. The van der Waals surface area contributed by atoms with Crippen molar-refractivity contribution in [1.29, 1.82) is 0 Å². The molecule has 31 heavy (non-hydrogen) atoms. The molecule has 2 atom stereocenters. The molecular formula is C24H50NO5P. The van der Waals surface area contributed by atoms with Crippen molar-refractivity contribution < 1.29 is 23.5 Å². The number of nitrogens with one attached hydrogen (secondary N) is 1. The van der Waals surface area contributed by atoms with Crippen LogP contribution in [0.2, 0.25) is 0 Å². The van der Waals surface area contributed by atoms with Gasteiger partial charge in [-0.25, -0.2) is 0 Å². The molecule has 0 aliphatic carbocycles. The number of unbranched alkanes of at least 4 members (excludes halogenated alkanes) is 14. The Morgan fingerprint density at radius 3 is 1.87 bits per heavy atom. The highest BCUT2D eigenvalue weighted by atomic mass is 31.2. The molecule has 0 aromatic heterocycles. The van der Waals surface area contributed by atoms with E-state index < -0.39 is 8.60 Å². The van der Waals surface area contributed by atoms with E-state index in [-0.39, 0.29) is 12.7 Å². The Balaban J connectivity index is 3.51. The minimum atomic E-state index is -1.90. The number of hydrogen-bond acceptors (Lipinski definition) is 6. The van der Waals surface area contributed by atoms with Crippen molar-refractivity contribution in [2.45, 2.75) is 122 Å². The zero-order valence-corrected chi connectivity index (χ0v) is 21.2. The zero-order chi connectivity index (χ0) is 22.8. The average molecular weight is 464 g/mol. The van der Waals surface area contributed by atoms with Crippen LogP contribution in [0.25, 0.3) is 0 Å². The predicted molar refractivity (Wildman–Crippen MR) is 130 cm³/mol. The minimum absolute atomic E-state index is 0.190. The molecule has 0 saturated heterocycles. The summed E-state index contributed by atoms with van der Waals surface area (Å²) in [7, 11) is 0.0121. The topological polar surface area (TPSA) is 77.0 Å². The molecule has 7 heteroatoms. The van der Waals surface area contributed by atoms with E-state index >= 15 is 0 Å². The number of rotatable bonds is 26. The second-order valence-electron chi connectivity index (χ2n) is 8.42. The largest absolute Gasteiger partial charge is 0.462 e. The van der Waals surface area contributed by atoms with Crippen molar-refractivity contribution in [3.05, 3.63) is 0 Å².